The molecule has 6 nitrogen and oxygen atoms in total. The number of carboxylic acids is 1. The molecule has 2 rings (SSSR count). The SMILES string of the molecule is CCn1ccnc(NC(CC(=O)O)C2CC2)c1=O. The molecule has 0 aliphatic heterocycles. The minimum atomic E-state index is -0.855. The number of carboxylic acid groups (broad SMARTS) is 1. The molecule has 6 heteroatoms. The van der Waals surface area contributed by atoms with Crippen LogP contribution in [-0.4, -0.2) is 26.7 Å². The van der Waals surface area contributed by atoms with E-state index in [9.17, 15) is 9.59 Å². The van der Waals surface area contributed by atoms with Crippen LogP contribution in [0.25, 0.3) is 0 Å². The zero-order chi connectivity index (χ0) is 13.1. The lowest BCUT2D eigenvalue weighted by molar-refractivity contribution is -0.137. The topological polar surface area (TPSA) is 84.2 Å². The molecular formula is C12H17N3O3. The second-order valence-corrected chi connectivity index (χ2v) is 4.55. The summed E-state index contributed by atoms with van der Waals surface area (Å²) >= 11 is 0. The highest BCUT2D eigenvalue weighted by molar-refractivity contribution is 5.68. The molecule has 1 aliphatic rings. The average Bonchev–Trinajstić information content (AvgIpc) is 3.14. The molecule has 18 heavy (non-hydrogen) atoms. The van der Waals surface area contributed by atoms with Gasteiger partial charge in [0.2, 0.25) is 0 Å². The molecule has 0 amide bonds. The Morgan fingerprint density at radius 3 is 2.94 bits per heavy atom. The highest BCUT2D eigenvalue weighted by Gasteiger charge is 2.33. The Labute approximate surface area is 105 Å². The van der Waals surface area contributed by atoms with Crippen molar-refractivity contribution in [2.24, 2.45) is 5.92 Å². The maximum Gasteiger partial charge on any atom is 0.305 e. The van der Waals surface area contributed by atoms with Crippen molar-refractivity contribution in [1.82, 2.24) is 9.55 Å². The highest BCUT2D eigenvalue weighted by Crippen LogP contribution is 2.35. The molecule has 0 saturated heterocycles. The van der Waals surface area contributed by atoms with Gasteiger partial charge < -0.3 is 15.0 Å². The van der Waals surface area contributed by atoms with Gasteiger partial charge in [0.25, 0.3) is 5.56 Å². The van der Waals surface area contributed by atoms with Crippen molar-refractivity contribution >= 4 is 11.8 Å². The Bertz CT molecular complexity index is 494. The monoisotopic (exact) mass is 251 g/mol. The number of nitrogens with zero attached hydrogens (tertiary/aromatic N) is 2. The minimum absolute atomic E-state index is 0.0206. The van der Waals surface area contributed by atoms with E-state index in [0.717, 1.165) is 12.8 Å². The molecule has 98 valence electrons. The Morgan fingerprint density at radius 1 is 1.67 bits per heavy atom. The summed E-state index contributed by atoms with van der Waals surface area (Å²) in [4.78, 5) is 26.8. The third-order valence-corrected chi connectivity index (χ3v) is 3.16. The molecule has 2 N–H and O–H groups in total. The van der Waals surface area contributed by atoms with Crippen LogP contribution in [0.1, 0.15) is 26.2 Å². The first-order valence-electron chi connectivity index (χ1n) is 6.15. The van der Waals surface area contributed by atoms with Crippen LogP contribution in [0.2, 0.25) is 0 Å². The van der Waals surface area contributed by atoms with Crippen LogP contribution in [0, 0.1) is 5.92 Å². The van der Waals surface area contributed by atoms with Crippen LogP contribution in [-0.2, 0) is 11.3 Å². The first-order valence-corrected chi connectivity index (χ1v) is 6.15. The van der Waals surface area contributed by atoms with E-state index in [1.165, 1.54) is 0 Å². The van der Waals surface area contributed by atoms with Gasteiger partial charge in [-0.1, -0.05) is 0 Å². The maximum atomic E-state index is 12.0. The first kappa shape index (κ1) is 12.6. The maximum absolute atomic E-state index is 12.0. The fourth-order valence-electron chi connectivity index (χ4n) is 1.99. The minimum Gasteiger partial charge on any atom is -0.481 e. The van der Waals surface area contributed by atoms with Gasteiger partial charge in [-0.05, 0) is 25.7 Å². The summed E-state index contributed by atoms with van der Waals surface area (Å²) in [5.41, 5.74) is -0.198. The number of rotatable bonds is 6. The van der Waals surface area contributed by atoms with Gasteiger partial charge in [-0.25, -0.2) is 4.98 Å². The molecule has 1 aliphatic carbocycles. The van der Waals surface area contributed by atoms with Crippen LogP contribution >= 0.6 is 0 Å². The first-order chi connectivity index (χ1) is 8.61. The van der Waals surface area contributed by atoms with Crippen molar-refractivity contribution in [2.75, 3.05) is 5.32 Å². The summed E-state index contributed by atoms with van der Waals surface area (Å²) in [6, 6.07) is -0.199. The van der Waals surface area contributed by atoms with Crippen molar-refractivity contribution in [3.05, 3.63) is 22.7 Å². The Hall–Kier alpha value is -1.85. The fourth-order valence-corrected chi connectivity index (χ4v) is 1.99. The van der Waals surface area contributed by atoms with Crippen LogP contribution in [0.4, 0.5) is 5.82 Å². The van der Waals surface area contributed by atoms with Gasteiger partial charge in [-0.3, -0.25) is 9.59 Å². The summed E-state index contributed by atoms with van der Waals surface area (Å²) < 4.78 is 1.54. The largest absolute Gasteiger partial charge is 0.481 e. The van der Waals surface area contributed by atoms with Gasteiger partial charge in [0.1, 0.15) is 0 Å². The van der Waals surface area contributed by atoms with Gasteiger partial charge in [-0.15, -0.1) is 0 Å². The lowest BCUT2D eigenvalue weighted by atomic mass is 10.1. The van der Waals surface area contributed by atoms with Crippen LogP contribution in [0.15, 0.2) is 17.2 Å². The Kier molecular flexibility index (Phi) is 3.64. The second-order valence-electron chi connectivity index (χ2n) is 4.55. The summed E-state index contributed by atoms with van der Waals surface area (Å²) in [7, 11) is 0. The molecular weight excluding hydrogens is 234 g/mol. The molecule has 0 bridgehead atoms. The lowest BCUT2D eigenvalue weighted by Gasteiger charge is -2.16. The molecule has 1 fully saturated rings. The van der Waals surface area contributed by atoms with Gasteiger partial charge in [0.05, 0.1) is 6.42 Å². The summed E-state index contributed by atoms with van der Waals surface area (Å²) in [6.07, 6.45) is 5.22. The predicted molar refractivity (Wildman–Crippen MR) is 66.6 cm³/mol. The predicted octanol–water partition coefficient (Wildman–Crippen LogP) is 0.928. The average molecular weight is 251 g/mol. The molecule has 1 unspecified atom stereocenters. The molecule has 1 heterocycles. The van der Waals surface area contributed by atoms with Crippen molar-refractivity contribution in [3.63, 3.8) is 0 Å². The van der Waals surface area contributed by atoms with Gasteiger partial charge in [0.15, 0.2) is 5.82 Å². The quantitative estimate of drug-likeness (QED) is 0.785. The van der Waals surface area contributed by atoms with E-state index in [1.807, 2.05) is 6.92 Å². The van der Waals surface area contributed by atoms with Crippen molar-refractivity contribution in [2.45, 2.75) is 38.8 Å². The molecule has 0 radical (unpaired) electrons. The van der Waals surface area contributed by atoms with E-state index >= 15 is 0 Å². The highest BCUT2D eigenvalue weighted by atomic mass is 16.4. The van der Waals surface area contributed by atoms with E-state index in [-0.39, 0.29) is 23.8 Å². The molecule has 0 spiro atoms. The normalized spacial score (nSPS) is 16.3. The number of anilines is 1. The van der Waals surface area contributed by atoms with Gasteiger partial charge >= 0.3 is 5.97 Å². The Balaban J connectivity index is 2.16. The summed E-state index contributed by atoms with van der Waals surface area (Å²) in [5.74, 6) is -0.263. The van der Waals surface area contributed by atoms with Crippen LogP contribution in [0.5, 0.6) is 0 Å². The third kappa shape index (κ3) is 2.88. The smallest absolute Gasteiger partial charge is 0.305 e. The Morgan fingerprint density at radius 2 is 2.39 bits per heavy atom. The van der Waals surface area contributed by atoms with Crippen molar-refractivity contribution in [1.29, 1.82) is 0 Å². The zero-order valence-electron chi connectivity index (χ0n) is 10.3. The number of aryl methyl sites for hydroxylation is 1. The standard InChI is InChI=1S/C12H17N3O3/c1-2-15-6-5-13-11(12(15)18)14-9(7-10(16)17)8-3-4-8/h5-6,8-9H,2-4,7H2,1H3,(H,13,14)(H,16,17). The van der Waals surface area contributed by atoms with E-state index < -0.39 is 5.97 Å². The molecule has 1 aromatic heterocycles. The molecule has 0 aromatic carbocycles. The fraction of sp³-hybridized carbons (Fsp3) is 0.583. The number of aromatic nitrogens is 2. The van der Waals surface area contributed by atoms with Crippen molar-refractivity contribution < 1.29 is 9.90 Å². The molecule has 1 saturated carbocycles. The van der Waals surface area contributed by atoms with Gasteiger partial charge in [0, 0.05) is 25.0 Å². The number of nitrogens with one attached hydrogen (secondary N) is 1. The van der Waals surface area contributed by atoms with E-state index in [4.69, 9.17) is 5.11 Å². The second kappa shape index (κ2) is 5.20. The number of hydrogen-bond donors (Lipinski definition) is 2. The summed E-state index contributed by atoms with van der Waals surface area (Å²) in [5, 5.41) is 11.9. The number of carbonyl (C=O) groups is 1. The van der Waals surface area contributed by atoms with Crippen LogP contribution in [0.3, 0.4) is 0 Å². The zero-order valence-corrected chi connectivity index (χ0v) is 10.3. The molecule has 1 aromatic rings. The number of aliphatic carboxylic acids is 1. The summed E-state index contributed by atoms with van der Waals surface area (Å²) in [6.45, 7) is 2.45. The third-order valence-electron chi connectivity index (χ3n) is 3.16. The van der Waals surface area contributed by atoms with Crippen LogP contribution < -0.4 is 10.9 Å². The molecule has 1 atom stereocenters. The van der Waals surface area contributed by atoms with Gasteiger partial charge in [-0.2, -0.15) is 0 Å². The van der Waals surface area contributed by atoms with E-state index in [2.05, 4.69) is 10.3 Å². The van der Waals surface area contributed by atoms with E-state index in [0.29, 0.717) is 12.5 Å². The van der Waals surface area contributed by atoms with Crippen molar-refractivity contribution in [3.8, 4) is 0 Å². The lowest BCUT2D eigenvalue weighted by Crippen LogP contribution is -2.31. The van der Waals surface area contributed by atoms with E-state index in [1.54, 1.807) is 17.0 Å². The number of hydrogen-bond acceptors (Lipinski definition) is 4.